The van der Waals surface area contributed by atoms with Gasteiger partial charge < -0.3 is 0 Å². The van der Waals surface area contributed by atoms with Gasteiger partial charge in [0.05, 0.1) is 0 Å². The van der Waals surface area contributed by atoms with Gasteiger partial charge in [0.2, 0.25) is 0 Å². The Bertz CT molecular complexity index is 448. The zero-order valence-electron chi connectivity index (χ0n) is 6.75. The third-order valence-electron chi connectivity index (χ3n) is 1.40. The highest BCUT2D eigenvalue weighted by molar-refractivity contribution is 8.16. The Labute approximate surface area is 84.2 Å². The summed E-state index contributed by atoms with van der Waals surface area (Å²) in [5, 5.41) is 0.524. The van der Waals surface area contributed by atoms with E-state index in [1.165, 1.54) is 6.07 Å². The zero-order valence-corrected chi connectivity index (χ0v) is 8.32. The normalized spacial score (nSPS) is 12.2. The van der Waals surface area contributed by atoms with E-state index in [1.54, 1.807) is 0 Å². The molecule has 1 aromatic rings. The van der Waals surface area contributed by atoms with Crippen LogP contribution in [0.1, 0.15) is 5.56 Å². The van der Waals surface area contributed by atoms with Crippen molar-refractivity contribution in [3.8, 4) is 0 Å². The second kappa shape index (κ2) is 4.06. The fraction of sp³-hybridized carbons (Fsp3) is 0. The Kier molecular flexibility index (Phi) is 3.23. The highest BCUT2D eigenvalue weighted by Gasteiger charge is 2.06. The summed E-state index contributed by atoms with van der Waals surface area (Å²) >= 11 is 0. The van der Waals surface area contributed by atoms with Crippen LogP contribution in [0.4, 0.5) is 8.78 Å². The zero-order chi connectivity index (χ0) is 10.8. The summed E-state index contributed by atoms with van der Waals surface area (Å²) in [4.78, 5) is 0. The van der Waals surface area contributed by atoms with Crippen LogP contribution in [0, 0.1) is 11.6 Å². The highest BCUT2D eigenvalue weighted by atomic mass is 35.7. The molecule has 0 saturated heterocycles. The predicted molar refractivity (Wildman–Crippen MR) is 50.2 cm³/mol. The third-order valence-corrected chi connectivity index (χ3v) is 2.17. The van der Waals surface area contributed by atoms with Gasteiger partial charge in [-0.25, -0.2) is 17.2 Å². The molecule has 0 radical (unpaired) electrons. The first-order valence-electron chi connectivity index (χ1n) is 3.47. The Morgan fingerprint density at radius 1 is 1.21 bits per heavy atom. The standard InChI is InChI=1S/C8H5ClF2O2S/c9-14(12,13)5-4-6-7(10)2-1-3-8(6)11/h1-5H. The number of rotatable bonds is 2. The molecule has 1 aromatic carbocycles. The molecular formula is C8H5ClF2O2S. The van der Waals surface area contributed by atoms with Crippen LogP contribution < -0.4 is 0 Å². The molecule has 0 spiro atoms. The molecule has 0 fully saturated rings. The largest absolute Gasteiger partial charge is 0.254 e. The molecule has 0 N–H and O–H groups in total. The molecule has 0 heterocycles. The van der Waals surface area contributed by atoms with E-state index < -0.39 is 26.2 Å². The average molecular weight is 239 g/mol. The molecule has 0 atom stereocenters. The average Bonchev–Trinajstić information content (AvgIpc) is 2.01. The van der Waals surface area contributed by atoms with Gasteiger partial charge in [-0.3, -0.25) is 0 Å². The topological polar surface area (TPSA) is 34.1 Å². The molecule has 1 rings (SSSR count). The molecule has 14 heavy (non-hydrogen) atoms. The molecule has 0 bridgehead atoms. The number of benzene rings is 1. The Hall–Kier alpha value is -0.940. The smallest absolute Gasteiger partial charge is 0.208 e. The van der Waals surface area contributed by atoms with Crippen molar-refractivity contribution in [3.63, 3.8) is 0 Å². The van der Waals surface area contributed by atoms with Crippen molar-refractivity contribution in [2.45, 2.75) is 0 Å². The Morgan fingerprint density at radius 2 is 1.71 bits per heavy atom. The van der Waals surface area contributed by atoms with Gasteiger partial charge in [0.15, 0.2) is 0 Å². The van der Waals surface area contributed by atoms with E-state index in [2.05, 4.69) is 0 Å². The molecule has 0 unspecified atom stereocenters. The lowest BCUT2D eigenvalue weighted by Gasteiger charge is -1.96. The van der Waals surface area contributed by atoms with Crippen LogP contribution in [0.25, 0.3) is 6.08 Å². The lowest BCUT2D eigenvalue weighted by Crippen LogP contribution is -1.88. The first-order chi connectivity index (χ1) is 6.40. The summed E-state index contributed by atoms with van der Waals surface area (Å²) in [5.74, 6) is -1.69. The van der Waals surface area contributed by atoms with Crippen LogP contribution in [0.2, 0.25) is 0 Å². The second-order valence-electron chi connectivity index (χ2n) is 2.41. The molecule has 0 amide bonds. The van der Waals surface area contributed by atoms with Gasteiger partial charge in [0.1, 0.15) is 11.6 Å². The van der Waals surface area contributed by atoms with Gasteiger partial charge in [0.25, 0.3) is 9.05 Å². The monoisotopic (exact) mass is 238 g/mol. The fourth-order valence-corrected chi connectivity index (χ4v) is 1.27. The van der Waals surface area contributed by atoms with Crippen molar-refractivity contribution in [2.75, 3.05) is 0 Å². The van der Waals surface area contributed by atoms with Crippen molar-refractivity contribution in [3.05, 3.63) is 40.8 Å². The minimum absolute atomic E-state index is 0.434. The Morgan fingerprint density at radius 3 is 2.14 bits per heavy atom. The van der Waals surface area contributed by atoms with Gasteiger partial charge in [-0.2, -0.15) is 0 Å². The van der Waals surface area contributed by atoms with Crippen molar-refractivity contribution in [2.24, 2.45) is 0 Å². The maximum absolute atomic E-state index is 12.9. The number of hydrogen-bond acceptors (Lipinski definition) is 2. The summed E-state index contributed by atoms with van der Waals surface area (Å²) in [5.41, 5.74) is -0.434. The summed E-state index contributed by atoms with van der Waals surface area (Å²) in [6.07, 6.45) is 0.771. The van der Waals surface area contributed by atoms with Crippen molar-refractivity contribution >= 4 is 25.8 Å². The van der Waals surface area contributed by atoms with Crippen LogP contribution in [-0.4, -0.2) is 8.42 Å². The third kappa shape index (κ3) is 3.08. The summed E-state index contributed by atoms with van der Waals surface area (Å²) < 4.78 is 46.7. The molecule has 0 aliphatic carbocycles. The SMILES string of the molecule is O=S(=O)(Cl)C=Cc1c(F)cccc1F. The van der Waals surface area contributed by atoms with Crippen LogP contribution in [0.5, 0.6) is 0 Å². The molecule has 0 saturated carbocycles. The van der Waals surface area contributed by atoms with E-state index in [4.69, 9.17) is 10.7 Å². The van der Waals surface area contributed by atoms with E-state index in [9.17, 15) is 17.2 Å². The maximum atomic E-state index is 12.9. The van der Waals surface area contributed by atoms with E-state index in [0.717, 1.165) is 18.2 Å². The molecule has 2 nitrogen and oxygen atoms in total. The lowest BCUT2D eigenvalue weighted by atomic mass is 10.2. The fourth-order valence-electron chi connectivity index (χ4n) is 0.819. The molecule has 0 aromatic heterocycles. The van der Waals surface area contributed by atoms with Gasteiger partial charge in [-0.05, 0) is 18.2 Å². The highest BCUT2D eigenvalue weighted by Crippen LogP contribution is 2.15. The summed E-state index contributed by atoms with van der Waals surface area (Å²) in [7, 11) is 0.931. The van der Waals surface area contributed by atoms with Gasteiger partial charge in [-0.15, -0.1) is 0 Å². The van der Waals surface area contributed by atoms with E-state index >= 15 is 0 Å². The van der Waals surface area contributed by atoms with Gasteiger partial charge in [-0.1, -0.05) is 6.07 Å². The second-order valence-corrected chi connectivity index (χ2v) is 4.93. The molecular weight excluding hydrogens is 234 g/mol. The Balaban J connectivity index is 3.15. The van der Waals surface area contributed by atoms with Gasteiger partial charge >= 0.3 is 0 Å². The summed E-state index contributed by atoms with van der Waals surface area (Å²) in [6, 6.07) is 3.21. The first-order valence-corrected chi connectivity index (χ1v) is 5.84. The van der Waals surface area contributed by atoms with Crippen LogP contribution in [-0.2, 0) is 9.05 Å². The predicted octanol–water partition coefficient (Wildman–Crippen LogP) is 2.50. The van der Waals surface area contributed by atoms with Crippen LogP contribution >= 0.6 is 10.7 Å². The van der Waals surface area contributed by atoms with Crippen molar-refractivity contribution < 1.29 is 17.2 Å². The number of hydrogen-bond donors (Lipinski definition) is 0. The van der Waals surface area contributed by atoms with E-state index in [0.29, 0.717) is 5.41 Å². The minimum Gasteiger partial charge on any atom is -0.208 e. The molecule has 76 valence electrons. The van der Waals surface area contributed by atoms with Crippen LogP contribution in [0.3, 0.4) is 0 Å². The quantitative estimate of drug-likeness (QED) is 0.742. The minimum atomic E-state index is -3.90. The van der Waals surface area contributed by atoms with E-state index in [1.807, 2.05) is 0 Å². The first kappa shape index (κ1) is 11.1. The van der Waals surface area contributed by atoms with Crippen molar-refractivity contribution in [1.29, 1.82) is 0 Å². The molecule has 0 aliphatic heterocycles. The number of halogens is 3. The molecule has 6 heteroatoms. The maximum Gasteiger partial charge on any atom is 0.254 e. The van der Waals surface area contributed by atoms with E-state index in [-0.39, 0.29) is 0 Å². The lowest BCUT2D eigenvalue weighted by molar-refractivity contribution is 0.579. The van der Waals surface area contributed by atoms with Gasteiger partial charge in [0, 0.05) is 21.7 Å². The summed E-state index contributed by atoms with van der Waals surface area (Å²) in [6.45, 7) is 0. The van der Waals surface area contributed by atoms with Crippen molar-refractivity contribution in [1.82, 2.24) is 0 Å². The molecule has 0 aliphatic rings. The van der Waals surface area contributed by atoms with Crippen LogP contribution in [0.15, 0.2) is 23.6 Å².